The number of carbonyl (C=O) groups is 1. The van der Waals surface area contributed by atoms with Crippen molar-refractivity contribution in [1.82, 2.24) is 4.98 Å². The number of aromatic nitrogens is 1. The van der Waals surface area contributed by atoms with Gasteiger partial charge in [0.2, 0.25) is 0 Å². The fourth-order valence-corrected chi connectivity index (χ4v) is 3.60. The van der Waals surface area contributed by atoms with Crippen LogP contribution in [0.1, 0.15) is 99.8 Å². The maximum Gasteiger partial charge on any atom is 0.164 e. The van der Waals surface area contributed by atoms with Gasteiger partial charge in [-0.1, -0.05) is 114 Å². The Kier molecular flexibility index (Phi) is 11.1. The molecule has 1 heterocycles. The summed E-state index contributed by atoms with van der Waals surface area (Å²) < 4.78 is 0. The average molecular weight is 707 g/mol. The van der Waals surface area contributed by atoms with Gasteiger partial charge in [0.25, 0.3) is 0 Å². The minimum absolute atomic E-state index is 0. The number of benzene rings is 2. The summed E-state index contributed by atoms with van der Waals surface area (Å²) in [5.74, 6) is 0.104. The second kappa shape index (κ2) is 12.5. The number of ketones is 1. The molecular weight excluding hydrogens is 659 g/mol. The Balaban J connectivity index is 0.000000466. The van der Waals surface area contributed by atoms with Crippen molar-refractivity contribution in [2.45, 2.75) is 101 Å². The van der Waals surface area contributed by atoms with Crippen molar-refractivity contribution in [3.8, 4) is 11.3 Å². The summed E-state index contributed by atoms with van der Waals surface area (Å²) in [5.41, 5.74) is 5.40. The van der Waals surface area contributed by atoms with Gasteiger partial charge in [0, 0.05) is 43.2 Å². The number of rotatable bonds is 2. The fourth-order valence-electron chi connectivity index (χ4n) is 3.60. The third kappa shape index (κ3) is 10.00. The summed E-state index contributed by atoms with van der Waals surface area (Å²) in [6, 6.07) is 16.8. The van der Waals surface area contributed by atoms with Crippen molar-refractivity contribution in [3.05, 3.63) is 77.2 Å². The first-order chi connectivity index (χ1) is 17.1. The van der Waals surface area contributed by atoms with E-state index in [0.29, 0.717) is 0 Å². The second-order valence-corrected chi connectivity index (χ2v) is 14.5. The van der Waals surface area contributed by atoms with E-state index in [2.05, 4.69) is 90.9 Å². The van der Waals surface area contributed by atoms with E-state index in [1.807, 2.05) is 47.7 Å². The molecule has 0 unspecified atom stereocenters. The van der Waals surface area contributed by atoms with E-state index in [-0.39, 0.29) is 47.9 Å². The minimum Gasteiger partial charge on any atom is -0.512 e. The SMILES string of the molecule is CC(C)(C)C(=O)/C=C(\O)C(C)(C)C.Cc1[c-]c(-c2cc3cc(C(C)(C)C)ccc3cn2)cc(C(C)(C)C)c1.[Ir]. The van der Waals surface area contributed by atoms with Gasteiger partial charge in [0.1, 0.15) is 5.76 Å². The van der Waals surface area contributed by atoms with E-state index in [0.717, 1.165) is 16.8 Å². The maximum atomic E-state index is 11.5. The van der Waals surface area contributed by atoms with Gasteiger partial charge >= 0.3 is 0 Å². The Hall–Kier alpha value is -2.29. The van der Waals surface area contributed by atoms with Gasteiger partial charge in [-0.3, -0.25) is 4.79 Å². The Morgan fingerprint density at radius 2 is 1.33 bits per heavy atom. The zero-order chi connectivity index (χ0) is 29.3. The van der Waals surface area contributed by atoms with E-state index in [1.54, 1.807) is 0 Å². The van der Waals surface area contributed by atoms with Crippen LogP contribution < -0.4 is 0 Å². The van der Waals surface area contributed by atoms with E-state index in [1.165, 1.54) is 28.0 Å². The van der Waals surface area contributed by atoms with Crippen LogP contribution in [0.25, 0.3) is 22.0 Å². The predicted molar refractivity (Wildman–Crippen MR) is 163 cm³/mol. The number of hydrogen-bond donors (Lipinski definition) is 1. The van der Waals surface area contributed by atoms with Gasteiger partial charge in [-0.2, -0.15) is 0 Å². The fraction of sp³-hybridized carbons (Fsp3) is 0.486. The standard InChI is InChI=1S/C24H28N.C11H20O2.Ir/c1-16-10-19(13-21(11-16)24(5,6)7)22-14-18-12-20(23(2,3)4)9-8-17(18)15-25-22;1-10(2,3)8(12)7-9(13)11(4,5)6;/h8-9,11-15H,1-7H3;7,12H,1-6H3;/q-1;;/b;8-7-;. The molecule has 3 rings (SSSR count). The smallest absolute Gasteiger partial charge is 0.164 e. The number of aryl methyl sites for hydroxylation is 1. The van der Waals surface area contributed by atoms with Crippen LogP contribution >= 0.6 is 0 Å². The van der Waals surface area contributed by atoms with Crippen LogP contribution in [0.2, 0.25) is 0 Å². The summed E-state index contributed by atoms with van der Waals surface area (Å²) >= 11 is 0. The van der Waals surface area contributed by atoms with Crippen molar-refractivity contribution in [1.29, 1.82) is 0 Å². The van der Waals surface area contributed by atoms with Gasteiger partial charge in [-0.05, 0) is 32.9 Å². The molecule has 0 aliphatic rings. The van der Waals surface area contributed by atoms with Gasteiger partial charge in [-0.25, -0.2) is 0 Å². The van der Waals surface area contributed by atoms with Crippen LogP contribution in [-0.2, 0) is 35.7 Å². The molecule has 0 saturated carbocycles. The van der Waals surface area contributed by atoms with Crippen LogP contribution in [0.5, 0.6) is 0 Å². The number of carbonyl (C=O) groups excluding carboxylic acids is 1. The average Bonchev–Trinajstić information content (AvgIpc) is 2.75. The van der Waals surface area contributed by atoms with E-state index in [4.69, 9.17) is 4.98 Å². The van der Waals surface area contributed by atoms with Crippen molar-refractivity contribution in [3.63, 3.8) is 0 Å². The monoisotopic (exact) mass is 707 g/mol. The molecule has 4 heteroatoms. The largest absolute Gasteiger partial charge is 0.512 e. The number of aliphatic hydroxyl groups excluding tert-OH is 1. The molecule has 1 aromatic heterocycles. The Morgan fingerprint density at radius 1 is 0.769 bits per heavy atom. The molecule has 3 aromatic rings. The first-order valence-corrected chi connectivity index (χ1v) is 13.5. The third-order valence-corrected chi connectivity index (χ3v) is 6.51. The van der Waals surface area contributed by atoms with Crippen molar-refractivity contribution < 1.29 is 30.0 Å². The maximum absolute atomic E-state index is 11.5. The van der Waals surface area contributed by atoms with Gasteiger partial charge in [0.05, 0.1) is 0 Å². The molecule has 0 aliphatic carbocycles. The summed E-state index contributed by atoms with van der Waals surface area (Å²) in [6.45, 7) is 26.7. The molecule has 2 aromatic carbocycles. The molecule has 0 atom stereocenters. The zero-order valence-corrected chi connectivity index (χ0v) is 28.6. The van der Waals surface area contributed by atoms with Crippen LogP contribution in [0, 0.1) is 23.8 Å². The molecule has 0 saturated heterocycles. The van der Waals surface area contributed by atoms with Gasteiger partial charge in [0.15, 0.2) is 5.78 Å². The Bertz CT molecular complexity index is 1320. The summed E-state index contributed by atoms with van der Waals surface area (Å²) in [6.07, 6.45) is 3.31. The molecule has 0 aliphatic heterocycles. The molecule has 1 N–H and O–H groups in total. The molecule has 0 fully saturated rings. The summed E-state index contributed by atoms with van der Waals surface area (Å²) in [7, 11) is 0. The van der Waals surface area contributed by atoms with Crippen molar-refractivity contribution >= 4 is 16.6 Å². The number of aliphatic hydroxyl groups is 1. The first kappa shape index (κ1) is 34.7. The van der Waals surface area contributed by atoms with Gasteiger partial charge < -0.3 is 10.1 Å². The van der Waals surface area contributed by atoms with Crippen LogP contribution in [0.15, 0.2) is 54.4 Å². The van der Waals surface area contributed by atoms with Crippen molar-refractivity contribution in [2.24, 2.45) is 10.8 Å². The van der Waals surface area contributed by atoms with E-state index >= 15 is 0 Å². The molecule has 39 heavy (non-hydrogen) atoms. The third-order valence-electron chi connectivity index (χ3n) is 6.51. The predicted octanol–water partition coefficient (Wildman–Crippen LogP) is 9.69. The number of allylic oxidation sites excluding steroid dienone is 2. The summed E-state index contributed by atoms with van der Waals surface area (Å²) in [4.78, 5) is 16.2. The molecule has 215 valence electrons. The minimum atomic E-state index is -0.417. The van der Waals surface area contributed by atoms with Crippen LogP contribution in [0.4, 0.5) is 0 Å². The molecular formula is C35H48IrNO2-. The number of fused-ring (bicyclic) bond motifs is 1. The normalized spacial score (nSPS) is 12.9. The Morgan fingerprint density at radius 3 is 1.82 bits per heavy atom. The number of hydrogen-bond acceptors (Lipinski definition) is 3. The molecule has 0 amide bonds. The van der Waals surface area contributed by atoms with Crippen LogP contribution in [0.3, 0.4) is 0 Å². The number of pyridine rings is 1. The van der Waals surface area contributed by atoms with E-state index in [9.17, 15) is 9.90 Å². The van der Waals surface area contributed by atoms with Crippen molar-refractivity contribution in [2.75, 3.05) is 0 Å². The Labute approximate surface area is 250 Å². The quantitative estimate of drug-likeness (QED) is 0.164. The number of nitrogens with zero attached hydrogens (tertiary/aromatic N) is 1. The first-order valence-electron chi connectivity index (χ1n) is 13.5. The molecule has 1 radical (unpaired) electrons. The van der Waals surface area contributed by atoms with Gasteiger partial charge in [-0.15, -0.1) is 34.9 Å². The van der Waals surface area contributed by atoms with Crippen LogP contribution in [-0.4, -0.2) is 15.9 Å². The zero-order valence-electron chi connectivity index (χ0n) is 26.3. The molecule has 0 bridgehead atoms. The van der Waals surface area contributed by atoms with E-state index < -0.39 is 5.41 Å². The second-order valence-electron chi connectivity index (χ2n) is 14.5. The topological polar surface area (TPSA) is 50.2 Å². The summed E-state index contributed by atoms with van der Waals surface area (Å²) in [5, 5.41) is 12.0. The molecule has 3 nitrogen and oxygen atoms in total. The molecule has 0 spiro atoms.